The first kappa shape index (κ1) is 19.3. The number of ether oxygens (including phenoxy) is 1. The minimum atomic E-state index is -0.124. The predicted octanol–water partition coefficient (Wildman–Crippen LogP) is 3.25. The van der Waals surface area contributed by atoms with Crippen LogP contribution in [0, 0.1) is 13.8 Å². The molecular formula is C22H24N4O3. The quantitative estimate of drug-likeness (QED) is 0.717. The minimum absolute atomic E-state index is 0.124. The van der Waals surface area contributed by atoms with Gasteiger partial charge in [0.05, 0.1) is 0 Å². The third-order valence-corrected chi connectivity index (χ3v) is 5.14. The van der Waals surface area contributed by atoms with E-state index in [0.29, 0.717) is 30.6 Å². The summed E-state index contributed by atoms with van der Waals surface area (Å²) < 4.78 is 10.4. The van der Waals surface area contributed by atoms with E-state index in [9.17, 15) is 4.79 Å². The molecular weight excluding hydrogens is 368 g/mol. The fraction of sp³-hybridized carbons (Fsp3) is 0.364. The molecule has 0 bridgehead atoms. The van der Waals surface area contributed by atoms with E-state index in [0.717, 1.165) is 41.5 Å². The van der Waals surface area contributed by atoms with Crippen LogP contribution in [0.5, 0.6) is 0 Å². The van der Waals surface area contributed by atoms with Crippen molar-refractivity contribution in [2.24, 2.45) is 0 Å². The lowest BCUT2D eigenvalue weighted by molar-refractivity contribution is 0.0694. The molecule has 1 N–H and O–H groups in total. The van der Waals surface area contributed by atoms with E-state index in [1.165, 1.54) is 0 Å². The molecule has 1 saturated heterocycles. The average Bonchev–Trinajstić information content (AvgIpc) is 3.17. The standard InChI is InChI=1S/C22H24N4O3/c1-14-13-23-20(22(27)25-19-7-9-28-10-8-19)12-18(14)11-16-3-5-17(6-4-16)21-24-15(2)29-26-21/h3-6,12-13,19H,7-11H2,1-2H3,(H,25,27). The summed E-state index contributed by atoms with van der Waals surface area (Å²) in [7, 11) is 0. The van der Waals surface area contributed by atoms with E-state index in [2.05, 4.69) is 20.4 Å². The third-order valence-electron chi connectivity index (χ3n) is 5.14. The number of hydrogen-bond donors (Lipinski definition) is 1. The number of aromatic nitrogens is 3. The van der Waals surface area contributed by atoms with Crippen molar-refractivity contribution in [2.75, 3.05) is 13.2 Å². The molecule has 4 rings (SSSR count). The zero-order valence-electron chi connectivity index (χ0n) is 16.6. The Morgan fingerprint density at radius 2 is 1.93 bits per heavy atom. The number of rotatable bonds is 5. The highest BCUT2D eigenvalue weighted by Crippen LogP contribution is 2.20. The summed E-state index contributed by atoms with van der Waals surface area (Å²) in [5, 5.41) is 7.02. The Balaban J connectivity index is 1.46. The maximum Gasteiger partial charge on any atom is 0.270 e. The van der Waals surface area contributed by atoms with Gasteiger partial charge in [0.2, 0.25) is 11.7 Å². The van der Waals surface area contributed by atoms with Crippen molar-refractivity contribution < 1.29 is 14.1 Å². The molecule has 7 heteroatoms. The van der Waals surface area contributed by atoms with Crippen LogP contribution in [0.4, 0.5) is 0 Å². The van der Waals surface area contributed by atoms with Gasteiger partial charge < -0.3 is 14.6 Å². The van der Waals surface area contributed by atoms with Gasteiger partial charge in [-0.2, -0.15) is 4.98 Å². The van der Waals surface area contributed by atoms with Crippen LogP contribution < -0.4 is 5.32 Å². The fourth-order valence-corrected chi connectivity index (χ4v) is 3.39. The lowest BCUT2D eigenvalue weighted by Gasteiger charge is -2.23. The Morgan fingerprint density at radius 3 is 2.62 bits per heavy atom. The SMILES string of the molecule is Cc1nc(-c2ccc(Cc3cc(C(=O)NC4CCOCC4)ncc3C)cc2)no1. The number of aryl methyl sites for hydroxylation is 2. The minimum Gasteiger partial charge on any atom is -0.381 e. The van der Waals surface area contributed by atoms with Gasteiger partial charge in [-0.15, -0.1) is 0 Å². The number of carbonyl (C=O) groups is 1. The van der Waals surface area contributed by atoms with Gasteiger partial charge in [-0.3, -0.25) is 9.78 Å². The van der Waals surface area contributed by atoms with Gasteiger partial charge in [-0.25, -0.2) is 0 Å². The van der Waals surface area contributed by atoms with Crippen molar-refractivity contribution in [1.82, 2.24) is 20.4 Å². The highest BCUT2D eigenvalue weighted by Gasteiger charge is 2.18. The van der Waals surface area contributed by atoms with Crippen molar-refractivity contribution in [2.45, 2.75) is 39.2 Å². The summed E-state index contributed by atoms with van der Waals surface area (Å²) in [6.45, 7) is 5.17. The Hall–Kier alpha value is -3.06. The molecule has 1 fully saturated rings. The molecule has 0 aliphatic carbocycles. The second-order valence-electron chi connectivity index (χ2n) is 7.37. The van der Waals surface area contributed by atoms with Gasteiger partial charge in [0.1, 0.15) is 5.69 Å². The van der Waals surface area contributed by atoms with Crippen LogP contribution in [-0.4, -0.2) is 40.3 Å². The maximum atomic E-state index is 12.6. The van der Waals surface area contributed by atoms with Gasteiger partial charge in [0.15, 0.2) is 0 Å². The molecule has 150 valence electrons. The summed E-state index contributed by atoms with van der Waals surface area (Å²) >= 11 is 0. The van der Waals surface area contributed by atoms with Crippen LogP contribution in [0.2, 0.25) is 0 Å². The van der Waals surface area contributed by atoms with E-state index in [4.69, 9.17) is 9.26 Å². The first-order chi connectivity index (χ1) is 14.1. The van der Waals surface area contributed by atoms with Gasteiger partial charge in [0.25, 0.3) is 5.91 Å². The normalized spacial score (nSPS) is 14.7. The number of nitrogens with zero attached hydrogens (tertiary/aromatic N) is 3. The lowest BCUT2D eigenvalue weighted by atomic mass is 10.00. The molecule has 3 heterocycles. The highest BCUT2D eigenvalue weighted by molar-refractivity contribution is 5.92. The third kappa shape index (κ3) is 4.68. The highest BCUT2D eigenvalue weighted by atomic mass is 16.5. The van der Waals surface area contributed by atoms with Crippen molar-refractivity contribution in [3.05, 3.63) is 64.8 Å². The van der Waals surface area contributed by atoms with Crippen molar-refractivity contribution in [3.8, 4) is 11.4 Å². The van der Waals surface area contributed by atoms with Crippen LogP contribution in [-0.2, 0) is 11.2 Å². The van der Waals surface area contributed by atoms with Gasteiger partial charge >= 0.3 is 0 Å². The summed E-state index contributed by atoms with van der Waals surface area (Å²) in [4.78, 5) is 21.2. The Labute approximate surface area is 169 Å². The molecule has 0 unspecified atom stereocenters. The van der Waals surface area contributed by atoms with Crippen LogP contribution in [0.3, 0.4) is 0 Å². The topological polar surface area (TPSA) is 90.1 Å². The summed E-state index contributed by atoms with van der Waals surface area (Å²) in [6.07, 6.45) is 4.18. The average molecular weight is 392 g/mol. The van der Waals surface area contributed by atoms with Gasteiger partial charge in [-0.1, -0.05) is 29.4 Å². The summed E-state index contributed by atoms with van der Waals surface area (Å²) in [6, 6.07) is 10.1. The summed E-state index contributed by atoms with van der Waals surface area (Å²) in [5.41, 5.74) is 4.65. The molecule has 0 spiro atoms. The number of carbonyl (C=O) groups excluding carboxylic acids is 1. The molecule has 3 aromatic rings. The van der Waals surface area contributed by atoms with Crippen LogP contribution in [0.1, 0.15) is 45.9 Å². The van der Waals surface area contributed by atoms with E-state index in [-0.39, 0.29) is 11.9 Å². The lowest BCUT2D eigenvalue weighted by Crippen LogP contribution is -2.39. The van der Waals surface area contributed by atoms with Crippen molar-refractivity contribution in [1.29, 1.82) is 0 Å². The Kier molecular flexibility index (Phi) is 5.67. The number of pyridine rings is 1. The molecule has 0 atom stereocenters. The molecule has 1 amide bonds. The largest absolute Gasteiger partial charge is 0.381 e. The van der Waals surface area contributed by atoms with E-state index in [1.54, 1.807) is 13.1 Å². The number of nitrogens with one attached hydrogen (secondary N) is 1. The fourth-order valence-electron chi connectivity index (χ4n) is 3.39. The van der Waals surface area contributed by atoms with Gasteiger partial charge in [-0.05, 0) is 48.9 Å². The second kappa shape index (κ2) is 8.53. The zero-order chi connectivity index (χ0) is 20.2. The smallest absolute Gasteiger partial charge is 0.270 e. The molecule has 1 aromatic carbocycles. The van der Waals surface area contributed by atoms with E-state index >= 15 is 0 Å². The maximum absolute atomic E-state index is 12.6. The monoisotopic (exact) mass is 392 g/mol. The van der Waals surface area contributed by atoms with Crippen molar-refractivity contribution >= 4 is 5.91 Å². The molecule has 0 radical (unpaired) electrons. The van der Waals surface area contributed by atoms with Crippen LogP contribution >= 0.6 is 0 Å². The first-order valence-electron chi connectivity index (χ1n) is 9.82. The summed E-state index contributed by atoms with van der Waals surface area (Å²) in [5.74, 6) is 1.00. The van der Waals surface area contributed by atoms with E-state index < -0.39 is 0 Å². The number of amides is 1. The van der Waals surface area contributed by atoms with Crippen molar-refractivity contribution in [3.63, 3.8) is 0 Å². The van der Waals surface area contributed by atoms with Crippen LogP contribution in [0.15, 0.2) is 41.1 Å². The molecule has 7 nitrogen and oxygen atoms in total. The second-order valence-corrected chi connectivity index (χ2v) is 7.37. The van der Waals surface area contributed by atoms with E-state index in [1.807, 2.05) is 37.3 Å². The predicted molar refractivity (Wildman–Crippen MR) is 108 cm³/mol. The number of hydrogen-bond acceptors (Lipinski definition) is 6. The Morgan fingerprint density at radius 1 is 1.17 bits per heavy atom. The Bertz CT molecular complexity index is 992. The zero-order valence-corrected chi connectivity index (χ0v) is 16.6. The van der Waals surface area contributed by atoms with Gasteiger partial charge in [0, 0.05) is 37.9 Å². The molecule has 1 aliphatic rings. The van der Waals surface area contributed by atoms with Crippen LogP contribution in [0.25, 0.3) is 11.4 Å². The molecule has 29 heavy (non-hydrogen) atoms. The molecule has 2 aromatic heterocycles. The molecule has 1 aliphatic heterocycles. The first-order valence-corrected chi connectivity index (χ1v) is 9.82. The number of benzene rings is 1. The molecule has 0 saturated carbocycles.